The Labute approximate surface area is 101 Å². The smallest absolute Gasteiger partial charge is 0.228 e. The third-order valence-corrected chi connectivity index (χ3v) is 2.69. The van der Waals surface area contributed by atoms with Crippen LogP contribution in [0.25, 0.3) is 0 Å². The summed E-state index contributed by atoms with van der Waals surface area (Å²) in [6.45, 7) is 3.50. The van der Waals surface area contributed by atoms with E-state index in [-0.39, 0.29) is 11.8 Å². The number of hydrogen-bond donors (Lipinski definition) is 2. The molecule has 16 heavy (non-hydrogen) atoms. The summed E-state index contributed by atoms with van der Waals surface area (Å²) in [5.41, 5.74) is 0.977. The molecule has 1 amide bonds. The molecule has 0 aliphatic rings. The maximum Gasteiger partial charge on any atom is 0.228 e. The second-order valence-corrected chi connectivity index (χ2v) is 3.96. The SMILES string of the molecule is CCNCC(C(=O)NC)c1ccc(Cl)cc1. The Kier molecular flexibility index (Phi) is 5.29. The summed E-state index contributed by atoms with van der Waals surface area (Å²) in [5.74, 6) is -0.148. The average molecular weight is 241 g/mol. The summed E-state index contributed by atoms with van der Waals surface area (Å²) in [4.78, 5) is 11.7. The van der Waals surface area contributed by atoms with Crippen LogP contribution in [-0.4, -0.2) is 26.0 Å². The average Bonchev–Trinajstić information content (AvgIpc) is 2.31. The molecule has 1 aromatic rings. The molecule has 1 unspecified atom stereocenters. The topological polar surface area (TPSA) is 41.1 Å². The van der Waals surface area contributed by atoms with Crippen LogP contribution in [0.4, 0.5) is 0 Å². The van der Waals surface area contributed by atoms with Gasteiger partial charge in [0.1, 0.15) is 0 Å². The Bertz CT molecular complexity index is 337. The van der Waals surface area contributed by atoms with Gasteiger partial charge in [-0.1, -0.05) is 30.7 Å². The van der Waals surface area contributed by atoms with Crippen LogP contribution in [0.5, 0.6) is 0 Å². The molecule has 3 nitrogen and oxygen atoms in total. The van der Waals surface area contributed by atoms with Gasteiger partial charge in [-0.05, 0) is 24.2 Å². The van der Waals surface area contributed by atoms with E-state index in [2.05, 4.69) is 10.6 Å². The van der Waals surface area contributed by atoms with E-state index in [1.165, 1.54) is 0 Å². The molecule has 0 spiro atoms. The van der Waals surface area contributed by atoms with Crippen LogP contribution in [0.2, 0.25) is 5.02 Å². The van der Waals surface area contributed by atoms with Crippen molar-refractivity contribution in [3.05, 3.63) is 34.9 Å². The first kappa shape index (κ1) is 13.0. The molecule has 4 heteroatoms. The first-order valence-corrected chi connectivity index (χ1v) is 5.74. The van der Waals surface area contributed by atoms with Crippen molar-refractivity contribution >= 4 is 17.5 Å². The van der Waals surface area contributed by atoms with E-state index in [0.717, 1.165) is 12.1 Å². The van der Waals surface area contributed by atoms with Crippen LogP contribution in [0.15, 0.2) is 24.3 Å². The van der Waals surface area contributed by atoms with E-state index in [0.29, 0.717) is 11.6 Å². The van der Waals surface area contributed by atoms with Crippen molar-refractivity contribution < 1.29 is 4.79 Å². The summed E-state index contributed by atoms with van der Waals surface area (Å²) >= 11 is 5.82. The van der Waals surface area contributed by atoms with Gasteiger partial charge in [0.05, 0.1) is 5.92 Å². The first-order chi connectivity index (χ1) is 7.69. The van der Waals surface area contributed by atoms with E-state index >= 15 is 0 Å². The Morgan fingerprint density at radius 2 is 2.00 bits per heavy atom. The third-order valence-electron chi connectivity index (χ3n) is 2.43. The largest absolute Gasteiger partial charge is 0.359 e. The Balaban J connectivity index is 2.82. The zero-order valence-electron chi connectivity index (χ0n) is 9.59. The molecule has 0 fully saturated rings. The van der Waals surface area contributed by atoms with Crippen LogP contribution in [0.3, 0.4) is 0 Å². The van der Waals surface area contributed by atoms with Crippen molar-refractivity contribution in [2.75, 3.05) is 20.1 Å². The van der Waals surface area contributed by atoms with Crippen LogP contribution in [0, 0.1) is 0 Å². The molecule has 1 atom stereocenters. The highest BCUT2D eigenvalue weighted by Gasteiger charge is 2.18. The van der Waals surface area contributed by atoms with Crippen molar-refractivity contribution in [2.24, 2.45) is 0 Å². The highest BCUT2D eigenvalue weighted by molar-refractivity contribution is 6.30. The molecule has 0 bridgehead atoms. The first-order valence-electron chi connectivity index (χ1n) is 5.36. The number of rotatable bonds is 5. The van der Waals surface area contributed by atoms with Gasteiger partial charge in [0.25, 0.3) is 0 Å². The summed E-state index contributed by atoms with van der Waals surface area (Å²) in [6.07, 6.45) is 0. The second-order valence-electron chi connectivity index (χ2n) is 3.53. The third kappa shape index (κ3) is 3.51. The number of halogens is 1. The molecule has 2 N–H and O–H groups in total. The van der Waals surface area contributed by atoms with E-state index in [4.69, 9.17) is 11.6 Å². The fourth-order valence-electron chi connectivity index (χ4n) is 1.52. The molecule has 1 rings (SSSR count). The van der Waals surface area contributed by atoms with Crippen LogP contribution in [-0.2, 0) is 4.79 Å². The number of nitrogens with one attached hydrogen (secondary N) is 2. The summed E-state index contributed by atoms with van der Waals surface area (Å²) in [7, 11) is 1.65. The number of hydrogen-bond acceptors (Lipinski definition) is 2. The van der Waals surface area contributed by atoms with Crippen molar-refractivity contribution in [3.8, 4) is 0 Å². The van der Waals surface area contributed by atoms with Crippen molar-refractivity contribution in [3.63, 3.8) is 0 Å². The van der Waals surface area contributed by atoms with Crippen LogP contribution < -0.4 is 10.6 Å². The lowest BCUT2D eigenvalue weighted by molar-refractivity contribution is -0.122. The fraction of sp³-hybridized carbons (Fsp3) is 0.417. The van der Waals surface area contributed by atoms with E-state index in [1.807, 2.05) is 19.1 Å². The summed E-state index contributed by atoms with van der Waals surface area (Å²) in [5, 5.41) is 6.54. The quantitative estimate of drug-likeness (QED) is 0.824. The van der Waals surface area contributed by atoms with E-state index in [9.17, 15) is 4.79 Å². The molecular formula is C12H17ClN2O. The number of amides is 1. The maximum atomic E-state index is 11.7. The molecule has 0 aromatic heterocycles. The maximum absolute atomic E-state index is 11.7. The number of carbonyl (C=O) groups is 1. The van der Waals surface area contributed by atoms with Gasteiger partial charge in [-0.25, -0.2) is 0 Å². The normalized spacial score (nSPS) is 12.2. The molecule has 0 radical (unpaired) electrons. The monoisotopic (exact) mass is 240 g/mol. The number of likely N-dealkylation sites (N-methyl/N-ethyl adjacent to an activating group) is 2. The lowest BCUT2D eigenvalue weighted by Crippen LogP contribution is -2.33. The van der Waals surface area contributed by atoms with Crippen LogP contribution >= 0.6 is 11.6 Å². The minimum absolute atomic E-state index is 0.0169. The lowest BCUT2D eigenvalue weighted by Gasteiger charge is -2.16. The number of benzene rings is 1. The molecule has 0 aliphatic heterocycles. The Hall–Kier alpha value is -1.06. The highest BCUT2D eigenvalue weighted by atomic mass is 35.5. The molecule has 88 valence electrons. The van der Waals surface area contributed by atoms with Gasteiger partial charge < -0.3 is 10.6 Å². The van der Waals surface area contributed by atoms with Crippen molar-refractivity contribution in [2.45, 2.75) is 12.8 Å². The summed E-state index contributed by atoms with van der Waals surface area (Å²) in [6, 6.07) is 7.39. The fourth-order valence-corrected chi connectivity index (χ4v) is 1.65. The van der Waals surface area contributed by atoms with Crippen molar-refractivity contribution in [1.29, 1.82) is 0 Å². The van der Waals surface area contributed by atoms with E-state index < -0.39 is 0 Å². The standard InChI is InChI=1S/C12H17ClN2O/c1-3-15-8-11(12(16)14-2)9-4-6-10(13)7-5-9/h4-7,11,15H,3,8H2,1-2H3,(H,14,16). The Morgan fingerprint density at radius 3 is 2.50 bits per heavy atom. The molecule has 0 saturated heterocycles. The lowest BCUT2D eigenvalue weighted by atomic mass is 9.98. The predicted octanol–water partition coefficient (Wildman–Crippen LogP) is 1.78. The zero-order valence-corrected chi connectivity index (χ0v) is 10.3. The molecule has 1 aromatic carbocycles. The molecular weight excluding hydrogens is 224 g/mol. The minimum Gasteiger partial charge on any atom is -0.359 e. The second kappa shape index (κ2) is 6.51. The van der Waals surface area contributed by atoms with Gasteiger partial charge in [0.15, 0.2) is 0 Å². The van der Waals surface area contributed by atoms with E-state index in [1.54, 1.807) is 19.2 Å². The van der Waals surface area contributed by atoms with Crippen LogP contribution in [0.1, 0.15) is 18.4 Å². The summed E-state index contributed by atoms with van der Waals surface area (Å²) < 4.78 is 0. The molecule has 0 aliphatic carbocycles. The van der Waals surface area contributed by atoms with Gasteiger partial charge in [-0.3, -0.25) is 4.79 Å². The highest BCUT2D eigenvalue weighted by Crippen LogP contribution is 2.18. The minimum atomic E-state index is -0.165. The van der Waals surface area contributed by atoms with Gasteiger partial charge >= 0.3 is 0 Å². The van der Waals surface area contributed by atoms with Gasteiger partial charge in [-0.15, -0.1) is 0 Å². The number of carbonyl (C=O) groups excluding carboxylic acids is 1. The van der Waals surface area contributed by atoms with Gasteiger partial charge in [0.2, 0.25) is 5.91 Å². The van der Waals surface area contributed by atoms with Gasteiger partial charge in [-0.2, -0.15) is 0 Å². The van der Waals surface area contributed by atoms with Crippen molar-refractivity contribution in [1.82, 2.24) is 10.6 Å². The Morgan fingerprint density at radius 1 is 1.38 bits per heavy atom. The molecule has 0 heterocycles. The van der Waals surface area contributed by atoms with Gasteiger partial charge in [0, 0.05) is 18.6 Å². The predicted molar refractivity (Wildman–Crippen MR) is 66.8 cm³/mol. The zero-order chi connectivity index (χ0) is 12.0. The molecule has 0 saturated carbocycles.